The first-order chi connectivity index (χ1) is 10.3. The van der Waals surface area contributed by atoms with Crippen LogP contribution in [0.15, 0.2) is 21.3 Å². The molecule has 0 spiro atoms. The fraction of sp³-hybridized carbons (Fsp3) is 0.600. The summed E-state index contributed by atoms with van der Waals surface area (Å²) in [4.78, 5) is 6.93. The van der Waals surface area contributed by atoms with E-state index in [1.54, 1.807) is 11.3 Å². The highest BCUT2D eigenvalue weighted by Gasteiger charge is 2.38. The van der Waals surface area contributed by atoms with E-state index < -0.39 is 0 Å². The Kier molecular flexibility index (Phi) is 4.82. The van der Waals surface area contributed by atoms with E-state index in [0.717, 1.165) is 31.1 Å². The molecule has 0 aromatic carbocycles. The topological polar surface area (TPSA) is 68.2 Å². The summed E-state index contributed by atoms with van der Waals surface area (Å²) in [6, 6.07) is 2.39. The average Bonchev–Trinajstić information content (AvgIpc) is 3.18. The van der Waals surface area contributed by atoms with Crippen LogP contribution >= 0.6 is 23.7 Å². The van der Waals surface area contributed by atoms with Gasteiger partial charge in [0.2, 0.25) is 11.7 Å². The Balaban J connectivity index is 0.00000144. The van der Waals surface area contributed by atoms with Crippen LogP contribution in [-0.4, -0.2) is 34.2 Å². The largest absolute Gasteiger partial charge is 0.338 e. The molecule has 1 saturated heterocycles. The Bertz CT molecular complexity index is 602. The SMILES string of the molecule is Cl.NC1CCCC2CN(Cc3nc(-c4ccsc4)no3)CC12. The van der Waals surface area contributed by atoms with Crippen LogP contribution < -0.4 is 5.73 Å². The summed E-state index contributed by atoms with van der Waals surface area (Å²) in [5, 5.41) is 8.14. The second kappa shape index (κ2) is 6.66. The Morgan fingerprint density at radius 3 is 3.05 bits per heavy atom. The lowest BCUT2D eigenvalue weighted by molar-refractivity contribution is 0.252. The standard InChI is InChI=1S/C15H20N4OS.ClH/c16-13-3-1-2-10-6-19(7-12(10)13)8-14-17-15(18-20-14)11-4-5-21-9-11;/h4-5,9-10,12-13H,1-3,6-8,16H2;1H. The third-order valence-electron chi connectivity index (χ3n) is 4.84. The van der Waals surface area contributed by atoms with E-state index in [0.29, 0.717) is 23.7 Å². The molecule has 0 amide bonds. The molecule has 1 aliphatic heterocycles. The maximum atomic E-state index is 6.27. The Hall–Kier alpha value is -0.950. The molecule has 3 unspecified atom stereocenters. The molecule has 0 radical (unpaired) electrons. The van der Waals surface area contributed by atoms with Gasteiger partial charge in [0.1, 0.15) is 0 Å². The third kappa shape index (κ3) is 3.06. The van der Waals surface area contributed by atoms with Gasteiger partial charge in [0, 0.05) is 30.1 Å². The fourth-order valence-electron chi connectivity index (χ4n) is 3.76. The predicted octanol–water partition coefficient (Wildman–Crippen LogP) is 2.78. The van der Waals surface area contributed by atoms with Gasteiger partial charge in [-0.15, -0.1) is 12.4 Å². The second-order valence-electron chi connectivity index (χ2n) is 6.24. The maximum Gasteiger partial charge on any atom is 0.241 e. The van der Waals surface area contributed by atoms with Gasteiger partial charge in [0.25, 0.3) is 0 Å². The van der Waals surface area contributed by atoms with Crippen molar-refractivity contribution in [1.82, 2.24) is 15.0 Å². The number of thiophene rings is 1. The highest BCUT2D eigenvalue weighted by molar-refractivity contribution is 7.08. The maximum absolute atomic E-state index is 6.27. The third-order valence-corrected chi connectivity index (χ3v) is 5.52. The summed E-state index contributed by atoms with van der Waals surface area (Å²) >= 11 is 1.64. The monoisotopic (exact) mass is 340 g/mol. The zero-order chi connectivity index (χ0) is 14.2. The molecule has 0 bridgehead atoms. The number of hydrogen-bond donors (Lipinski definition) is 1. The van der Waals surface area contributed by atoms with Crippen molar-refractivity contribution in [2.24, 2.45) is 17.6 Å². The van der Waals surface area contributed by atoms with Crippen LogP contribution in [-0.2, 0) is 6.54 Å². The van der Waals surface area contributed by atoms with E-state index in [1.807, 2.05) is 16.8 Å². The molecule has 22 heavy (non-hydrogen) atoms. The van der Waals surface area contributed by atoms with E-state index in [2.05, 4.69) is 15.0 Å². The van der Waals surface area contributed by atoms with Gasteiger partial charge in [-0.2, -0.15) is 16.3 Å². The van der Waals surface area contributed by atoms with Gasteiger partial charge in [0.15, 0.2) is 0 Å². The van der Waals surface area contributed by atoms with Gasteiger partial charge < -0.3 is 10.3 Å². The zero-order valence-electron chi connectivity index (χ0n) is 12.4. The number of nitrogens with two attached hydrogens (primary N) is 1. The predicted molar refractivity (Wildman–Crippen MR) is 88.9 cm³/mol. The highest BCUT2D eigenvalue weighted by atomic mass is 35.5. The number of halogens is 1. The first-order valence-corrected chi connectivity index (χ1v) is 8.57. The van der Waals surface area contributed by atoms with Crippen LogP contribution in [0.2, 0.25) is 0 Å². The van der Waals surface area contributed by atoms with Crippen LogP contribution in [0.25, 0.3) is 11.4 Å². The summed E-state index contributed by atoms with van der Waals surface area (Å²) in [6.45, 7) is 2.94. The molecular formula is C15H21ClN4OS. The summed E-state index contributed by atoms with van der Waals surface area (Å²) < 4.78 is 5.40. The van der Waals surface area contributed by atoms with Crippen molar-refractivity contribution < 1.29 is 4.52 Å². The van der Waals surface area contributed by atoms with Crippen LogP contribution in [0.1, 0.15) is 25.2 Å². The smallest absolute Gasteiger partial charge is 0.241 e. The minimum atomic E-state index is 0. The van der Waals surface area contributed by atoms with E-state index in [9.17, 15) is 0 Å². The zero-order valence-corrected chi connectivity index (χ0v) is 14.0. The van der Waals surface area contributed by atoms with Crippen LogP contribution in [0.4, 0.5) is 0 Å². The van der Waals surface area contributed by atoms with Gasteiger partial charge >= 0.3 is 0 Å². The highest BCUT2D eigenvalue weighted by Crippen LogP contribution is 2.36. The van der Waals surface area contributed by atoms with E-state index in [-0.39, 0.29) is 12.4 Å². The molecule has 2 aliphatic rings. The molecule has 2 aromatic heterocycles. The van der Waals surface area contributed by atoms with Gasteiger partial charge in [-0.3, -0.25) is 4.90 Å². The quantitative estimate of drug-likeness (QED) is 0.930. The number of likely N-dealkylation sites (tertiary alicyclic amines) is 1. The normalized spacial score (nSPS) is 28.3. The van der Waals surface area contributed by atoms with Crippen molar-refractivity contribution in [2.45, 2.75) is 31.8 Å². The minimum Gasteiger partial charge on any atom is -0.338 e. The van der Waals surface area contributed by atoms with Gasteiger partial charge in [-0.25, -0.2) is 0 Å². The summed E-state index contributed by atoms with van der Waals surface area (Å²) in [5.41, 5.74) is 7.30. The Labute approximate surface area is 140 Å². The molecule has 1 saturated carbocycles. The first-order valence-electron chi connectivity index (χ1n) is 7.62. The fourth-order valence-corrected chi connectivity index (χ4v) is 4.39. The number of fused-ring (bicyclic) bond motifs is 1. The van der Waals surface area contributed by atoms with Crippen molar-refractivity contribution in [3.8, 4) is 11.4 Å². The van der Waals surface area contributed by atoms with Crippen LogP contribution in [0, 0.1) is 11.8 Å². The molecular weight excluding hydrogens is 320 g/mol. The average molecular weight is 341 g/mol. The van der Waals surface area contributed by atoms with Crippen molar-refractivity contribution in [2.75, 3.05) is 13.1 Å². The summed E-state index contributed by atoms with van der Waals surface area (Å²) in [7, 11) is 0. The second-order valence-corrected chi connectivity index (χ2v) is 7.02. The van der Waals surface area contributed by atoms with Crippen molar-refractivity contribution in [3.63, 3.8) is 0 Å². The summed E-state index contributed by atoms with van der Waals surface area (Å²) in [6.07, 6.45) is 3.77. The summed E-state index contributed by atoms with van der Waals surface area (Å²) in [5.74, 6) is 2.81. The molecule has 2 N–H and O–H groups in total. The van der Waals surface area contributed by atoms with Gasteiger partial charge in [-0.1, -0.05) is 11.6 Å². The first kappa shape index (κ1) is 15.9. The molecule has 2 aromatic rings. The van der Waals surface area contributed by atoms with Crippen molar-refractivity contribution in [1.29, 1.82) is 0 Å². The number of aromatic nitrogens is 2. The minimum absolute atomic E-state index is 0. The lowest BCUT2D eigenvalue weighted by Crippen LogP contribution is -2.38. The van der Waals surface area contributed by atoms with Crippen molar-refractivity contribution in [3.05, 3.63) is 22.7 Å². The molecule has 1 aliphatic carbocycles. The molecule has 2 fully saturated rings. The molecule has 3 heterocycles. The van der Waals surface area contributed by atoms with Gasteiger partial charge in [0.05, 0.1) is 6.54 Å². The Morgan fingerprint density at radius 1 is 1.36 bits per heavy atom. The number of hydrogen-bond acceptors (Lipinski definition) is 6. The van der Waals surface area contributed by atoms with Gasteiger partial charge in [-0.05, 0) is 36.1 Å². The number of rotatable bonds is 3. The molecule has 7 heteroatoms. The molecule has 120 valence electrons. The van der Waals surface area contributed by atoms with Crippen molar-refractivity contribution >= 4 is 23.7 Å². The van der Waals surface area contributed by atoms with Crippen LogP contribution in [0.5, 0.6) is 0 Å². The molecule has 5 nitrogen and oxygen atoms in total. The van der Waals surface area contributed by atoms with E-state index in [1.165, 1.54) is 19.3 Å². The van der Waals surface area contributed by atoms with E-state index in [4.69, 9.17) is 10.3 Å². The molecule has 4 rings (SSSR count). The van der Waals surface area contributed by atoms with Crippen LogP contribution in [0.3, 0.4) is 0 Å². The number of nitrogens with zero attached hydrogens (tertiary/aromatic N) is 3. The lowest BCUT2D eigenvalue weighted by atomic mass is 9.78. The lowest BCUT2D eigenvalue weighted by Gasteiger charge is -2.29. The Morgan fingerprint density at radius 2 is 2.27 bits per heavy atom. The van der Waals surface area contributed by atoms with E-state index >= 15 is 0 Å². The molecule has 3 atom stereocenters.